The predicted octanol–water partition coefficient (Wildman–Crippen LogP) is 3.96. The van der Waals surface area contributed by atoms with E-state index in [-0.39, 0.29) is 25.4 Å². The third-order valence-corrected chi connectivity index (χ3v) is 4.19. The van der Waals surface area contributed by atoms with Gasteiger partial charge in [0.15, 0.2) is 0 Å². The fourth-order valence-electron chi connectivity index (χ4n) is 2.71. The molecule has 0 atom stereocenters. The van der Waals surface area contributed by atoms with Crippen LogP contribution in [0.25, 0.3) is 0 Å². The number of aromatic nitrogens is 1. The Bertz CT molecular complexity index is 824. The number of esters is 1. The fraction of sp³-hybridized carbons (Fsp3) is 0.368. The van der Waals surface area contributed by atoms with Gasteiger partial charge in [0.05, 0.1) is 6.61 Å². The predicted molar refractivity (Wildman–Crippen MR) is 94.4 cm³/mol. The first-order valence-corrected chi connectivity index (χ1v) is 8.66. The van der Waals surface area contributed by atoms with Gasteiger partial charge in [0.25, 0.3) is 5.60 Å². The number of halogens is 6. The average Bonchev–Trinajstić information content (AvgIpc) is 2.66. The Hall–Kier alpha value is -2.82. The van der Waals surface area contributed by atoms with Crippen molar-refractivity contribution >= 4 is 11.7 Å². The van der Waals surface area contributed by atoms with Crippen molar-refractivity contribution in [3.05, 3.63) is 59.9 Å². The molecule has 0 saturated heterocycles. The van der Waals surface area contributed by atoms with Crippen molar-refractivity contribution in [2.45, 2.75) is 31.4 Å². The van der Waals surface area contributed by atoms with Crippen LogP contribution in [0.3, 0.4) is 0 Å². The fourth-order valence-corrected chi connectivity index (χ4v) is 2.71. The molecule has 0 fully saturated rings. The highest BCUT2D eigenvalue weighted by atomic mass is 19.4. The van der Waals surface area contributed by atoms with E-state index in [1.54, 1.807) is 19.1 Å². The molecule has 2 rings (SSSR count). The molecule has 1 N–H and O–H groups in total. The number of ether oxygens (including phenoxy) is 1. The molecule has 0 amide bonds. The molecule has 0 aliphatic rings. The minimum absolute atomic E-state index is 0.0921. The van der Waals surface area contributed by atoms with Crippen molar-refractivity contribution in [3.8, 4) is 0 Å². The van der Waals surface area contributed by atoms with Gasteiger partial charge in [-0.25, -0.2) is 0 Å². The van der Waals surface area contributed by atoms with Crippen molar-refractivity contribution in [2.75, 3.05) is 18.1 Å². The summed E-state index contributed by atoms with van der Waals surface area (Å²) in [5.74, 6) is -0.632. The topological polar surface area (TPSA) is 62.7 Å². The van der Waals surface area contributed by atoms with Crippen LogP contribution < -0.4 is 4.90 Å². The van der Waals surface area contributed by atoms with Gasteiger partial charge in [-0.2, -0.15) is 26.3 Å². The van der Waals surface area contributed by atoms with E-state index in [9.17, 15) is 36.2 Å². The Morgan fingerprint density at radius 3 is 2.13 bits per heavy atom. The van der Waals surface area contributed by atoms with Crippen LogP contribution in [0.2, 0.25) is 0 Å². The summed E-state index contributed by atoms with van der Waals surface area (Å²) in [7, 11) is 0. The standard InChI is InChI=1S/C19H18F6N2O3/c1-2-30-16(28)12-27(11-13-4-3-9-26-10-13)15-7-5-14(6-8-15)17(29,18(20,21)22)19(23,24)25/h3-10,29H,2,11-12H2,1H3. The highest BCUT2D eigenvalue weighted by Gasteiger charge is 2.71. The van der Waals surface area contributed by atoms with Crippen LogP contribution in [0.5, 0.6) is 0 Å². The van der Waals surface area contributed by atoms with E-state index < -0.39 is 29.5 Å². The normalized spacial score (nSPS) is 12.5. The van der Waals surface area contributed by atoms with E-state index in [1.165, 1.54) is 17.3 Å². The molecular weight excluding hydrogens is 418 g/mol. The third-order valence-electron chi connectivity index (χ3n) is 4.19. The van der Waals surface area contributed by atoms with Crippen LogP contribution in [0, 0.1) is 0 Å². The Balaban J connectivity index is 2.39. The van der Waals surface area contributed by atoms with Gasteiger partial charge < -0.3 is 14.7 Å². The molecule has 0 unspecified atom stereocenters. The zero-order chi connectivity index (χ0) is 22.6. The van der Waals surface area contributed by atoms with Crippen molar-refractivity contribution < 1.29 is 41.0 Å². The summed E-state index contributed by atoms with van der Waals surface area (Å²) in [6, 6.07) is 6.30. The number of pyridine rings is 1. The lowest BCUT2D eigenvalue weighted by Gasteiger charge is -2.33. The van der Waals surface area contributed by atoms with Gasteiger partial charge in [0, 0.05) is 30.2 Å². The summed E-state index contributed by atoms with van der Waals surface area (Å²) in [6.45, 7) is 1.48. The lowest BCUT2D eigenvalue weighted by atomic mass is 9.92. The molecule has 0 saturated carbocycles. The molecule has 164 valence electrons. The summed E-state index contributed by atoms with van der Waals surface area (Å²) in [5.41, 5.74) is -5.60. The number of benzene rings is 1. The van der Waals surface area contributed by atoms with Crippen LogP contribution in [-0.2, 0) is 21.7 Å². The number of hydrogen-bond acceptors (Lipinski definition) is 5. The molecule has 5 nitrogen and oxygen atoms in total. The van der Waals surface area contributed by atoms with Crippen LogP contribution in [0.15, 0.2) is 48.8 Å². The highest BCUT2D eigenvalue weighted by molar-refractivity contribution is 5.75. The summed E-state index contributed by atoms with van der Waals surface area (Å²) in [5, 5.41) is 9.49. The molecule has 0 bridgehead atoms. The summed E-state index contributed by atoms with van der Waals surface area (Å²) in [4.78, 5) is 17.2. The van der Waals surface area contributed by atoms with Crippen molar-refractivity contribution in [3.63, 3.8) is 0 Å². The first-order valence-electron chi connectivity index (χ1n) is 8.66. The van der Waals surface area contributed by atoms with Crippen molar-refractivity contribution in [1.29, 1.82) is 0 Å². The molecule has 2 aromatic rings. The quantitative estimate of drug-likeness (QED) is 0.526. The van der Waals surface area contributed by atoms with E-state index in [4.69, 9.17) is 4.74 Å². The van der Waals surface area contributed by atoms with Gasteiger partial charge in [-0.1, -0.05) is 18.2 Å². The Morgan fingerprint density at radius 2 is 1.67 bits per heavy atom. The maximum absolute atomic E-state index is 13.0. The zero-order valence-electron chi connectivity index (χ0n) is 15.7. The second kappa shape index (κ2) is 8.90. The number of carbonyl (C=O) groups is 1. The van der Waals surface area contributed by atoms with E-state index in [1.807, 2.05) is 0 Å². The number of alkyl halides is 6. The molecule has 0 radical (unpaired) electrons. The smallest absolute Gasteiger partial charge is 0.430 e. The Morgan fingerprint density at radius 1 is 1.07 bits per heavy atom. The average molecular weight is 436 g/mol. The SMILES string of the molecule is CCOC(=O)CN(Cc1cccnc1)c1ccc(C(O)(C(F)(F)F)C(F)(F)F)cc1. The van der Waals surface area contributed by atoms with Gasteiger partial charge in [-0.3, -0.25) is 9.78 Å². The maximum atomic E-state index is 13.0. The van der Waals surface area contributed by atoms with Gasteiger partial charge in [0.1, 0.15) is 6.54 Å². The summed E-state index contributed by atoms with van der Waals surface area (Å²) in [6.07, 6.45) is -8.94. The van der Waals surface area contributed by atoms with Crippen LogP contribution >= 0.6 is 0 Å². The van der Waals surface area contributed by atoms with E-state index >= 15 is 0 Å². The van der Waals surface area contributed by atoms with E-state index in [0.717, 1.165) is 12.1 Å². The first-order chi connectivity index (χ1) is 13.9. The molecule has 1 heterocycles. The second-order valence-electron chi connectivity index (χ2n) is 6.28. The second-order valence-corrected chi connectivity index (χ2v) is 6.28. The number of aliphatic hydroxyl groups is 1. The molecule has 0 aliphatic heterocycles. The third kappa shape index (κ3) is 5.02. The monoisotopic (exact) mass is 436 g/mol. The highest BCUT2D eigenvalue weighted by Crippen LogP contribution is 2.50. The number of hydrogen-bond donors (Lipinski definition) is 1. The lowest BCUT2D eigenvalue weighted by molar-refractivity contribution is -0.376. The summed E-state index contributed by atoms with van der Waals surface area (Å²) >= 11 is 0. The number of nitrogens with zero attached hydrogens (tertiary/aromatic N) is 2. The minimum atomic E-state index is -5.98. The molecule has 0 aliphatic carbocycles. The van der Waals surface area contributed by atoms with Crippen molar-refractivity contribution in [1.82, 2.24) is 4.98 Å². The summed E-state index contributed by atoms with van der Waals surface area (Å²) < 4.78 is 83.1. The van der Waals surface area contributed by atoms with E-state index in [0.29, 0.717) is 17.7 Å². The molecule has 1 aromatic carbocycles. The van der Waals surface area contributed by atoms with Crippen LogP contribution in [0.1, 0.15) is 18.1 Å². The van der Waals surface area contributed by atoms with Gasteiger partial charge >= 0.3 is 18.3 Å². The largest absolute Gasteiger partial charge is 0.465 e. The Labute approximate surface area is 167 Å². The first kappa shape index (κ1) is 23.5. The Kier molecular flexibility index (Phi) is 6.96. The van der Waals surface area contributed by atoms with Gasteiger partial charge in [-0.15, -0.1) is 0 Å². The lowest BCUT2D eigenvalue weighted by Crippen LogP contribution is -2.53. The number of rotatable bonds is 7. The molecular formula is C19H18F6N2O3. The van der Waals surface area contributed by atoms with Crippen LogP contribution in [0.4, 0.5) is 32.0 Å². The molecule has 11 heteroatoms. The van der Waals surface area contributed by atoms with Crippen LogP contribution in [-0.4, -0.2) is 41.6 Å². The van der Waals surface area contributed by atoms with Gasteiger partial charge in [-0.05, 0) is 30.7 Å². The minimum Gasteiger partial charge on any atom is -0.465 e. The molecule has 0 spiro atoms. The number of anilines is 1. The molecule has 1 aromatic heterocycles. The van der Waals surface area contributed by atoms with Crippen molar-refractivity contribution in [2.24, 2.45) is 0 Å². The van der Waals surface area contributed by atoms with E-state index in [2.05, 4.69) is 4.98 Å². The van der Waals surface area contributed by atoms with Gasteiger partial charge in [0.2, 0.25) is 0 Å². The zero-order valence-corrected chi connectivity index (χ0v) is 15.7. The molecule has 30 heavy (non-hydrogen) atoms. The number of carbonyl (C=O) groups excluding carboxylic acids is 1. The maximum Gasteiger partial charge on any atom is 0.430 e.